The third-order valence-corrected chi connectivity index (χ3v) is 6.32. The molecule has 160 valence electrons. The monoisotopic (exact) mass is 520 g/mol. The lowest BCUT2D eigenvalue weighted by atomic mass is 10.1. The molecule has 3 rings (SSSR count). The number of likely N-dealkylation sites (tertiary alicyclic amines) is 1. The molecule has 8 heteroatoms. The largest absolute Gasteiger partial charge is 0.357 e. The fourth-order valence-electron chi connectivity index (χ4n) is 3.88. The van der Waals surface area contributed by atoms with Crippen molar-refractivity contribution in [1.29, 1.82) is 0 Å². The Morgan fingerprint density at radius 3 is 2.64 bits per heavy atom. The van der Waals surface area contributed by atoms with Crippen molar-refractivity contribution in [3.8, 4) is 0 Å². The van der Waals surface area contributed by atoms with Crippen LogP contribution in [0.2, 0.25) is 0 Å². The number of halogens is 1. The van der Waals surface area contributed by atoms with Crippen molar-refractivity contribution in [2.24, 2.45) is 4.99 Å². The number of hydrogen-bond acceptors (Lipinski definition) is 5. The molecule has 0 spiro atoms. The van der Waals surface area contributed by atoms with Crippen LogP contribution in [-0.2, 0) is 6.42 Å². The van der Waals surface area contributed by atoms with Gasteiger partial charge in [0.15, 0.2) is 11.1 Å². The maximum absolute atomic E-state index is 4.81. The molecule has 2 N–H and O–H groups in total. The van der Waals surface area contributed by atoms with Crippen LogP contribution in [0.1, 0.15) is 51.6 Å². The van der Waals surface area contributed by atoms with E-state index >= 15 is 0 Å². The van der Waals surface area contributed by atoms with Crippen LogP contribution in [0.5, 0.6) is 0 Å². The number of nitrogens with one attached hydrogen (secondary N) is 2. The first-order valence-electron chi connectivity index (χ1n) is 10.7. The van der Waals surface area contributed by atoms with E-state index < -0.39 is 0 Å². The van der Waals surface area contributed by atoms with Crippen LogP contribution in [0.3, 0.4) is 0 Å². The summed E-state index contributed by atoms with van der Waals surface area (Å²) in [6.45, 7) is 12.0. The number of hydrogen-bond donors (Lipinski definition) is 2. The van der Waals surface area contributed by atoms with Crippen molar-refractivity contribution >= 4 is 46.4 Å². The highest BCUT2D eigenvalue weighted by atomic mass is 127. The summed E-state index contributed by atoms with van der Waals surface area (Å²) in [5.41, 5.74) is 1.18. The molecule has 1 aromatic rings. The summed E-state index contributed by atoms with van der Waals surface area (Å²) in [7, 11) is 0. The zero-order valence-electron chi connectivity index (χ0n) is 17.5. The van der Waals surface area contributed by atoms with E-state index in [9.17, 15) is 0 Å². The Bertz CT molecular complexity index is 579. The van der Waals surface area contributed by atoms with Gasteiger partial charge in [-0.3, -0.25) is 4.99 Å². The third kappa shape index (κ3) is 7.33. The topological polar surface area (TPSA) is 55.8 Å². The van der Waals surface area contributed by atoms with Gasteiger partial charge >= 0.3 is 0 Å². The molecule has 2 saturated heterocycles. The third-order valence-electron chi connectivity index (χ3n) is 5.37. The average Bonchev–Trinajstić information content (AvgIpc) is 3.35. The molecule has 0 bridgehead atoms. The van der Waals surface area contributed by atoms with Crippen molar-refractivity contribution in [3.05, 3.63) is 11.1 Å². The first-order chi connectivity index (χ1) is 13.3. The Hall–Kier alpha value is -0.610. The van der Waals surface area contributed by atoms with Gasteiger partial charge in [0.1, 0.15) is 0 Å². The van der Waals surface area contributed by atoms with Crippen LogP contribution in [0.4, 0.5) is 5.13 Å². The summed E-state index contributed by atoms with van der Waals surface area (Å²) in [5, 5.41) is 10.4. The van der Waals surface area contributed by atoms with Gasteiger partial charge in [-0.15, -0.1) is 35.3 Å². The van der Waals surface area contributed by atoms with Crippen molar-refractivity contribution in [2.75, 3.05) is 50.7 Å². The number of piperidine rings is 1. The van der Waals surface area contributed by atoms with Crippen molar-refractivity contribution in [1.82, 2.24) is 20.5 Å². The summed E-state index contributed by atoms with van der Waals surface area (Å²) in [4.78, 5) is 14.6. The van der Waals surface area contributed by atoms with E-state index in [0.29, 0.717) is 6.04 Å². The van der Waals surface area contributed by atoms with Gasteiger partial charge in [-0.25, -0.2) is 4.98 Å². The Morgan fingerprint density at radius 2 is 1.96 bits per heavy atom. The Balaban J connectivity index is 0.00000280. The van der Waals surface area contributed by atoms with E-state index in [2.05, 4.69) is 39.7 Å². The highest BCUT2D eigenvalue weighted by Gasteiger charge is 2.19. The lowest BCUT2D eigenvalue weighted by molar-refractivity contribution is 0.206. The molecule has 0 atom stereocenters. The molecule has 2 aliphatic rings. The summed E-state index contributed by atoms with van der Waals surface area (Å²) in [6, 6.07) is 0.539. The summed E-state index contributed by atoms with van der Waals surface area (Å²) in [6.07, 6.45) is 7.17. The number of nitrogens with zero attached hydrogens (tertiary/aromatic N) is 4. The Morgan fingerprint density at radius 1 is 1.21 bits per heavy atom. The number of guanidine groups is 1. The van der Waals surface area contributed by atoms with Gasteiger partial charge < -0.3 is 20.4 Å². The maximum Gasteiger partial charge on any atom is 0.191 e. The van der Waals surface area contributed by atoms with Crippen molar-refractivity contribution in [2.45, 2.75) is 58.4 Å². The second kappa shape index (κ2) is 12.8. The minimum atomic E-state index is 0. The second-order valence-electron chi connectivity index (χ2n) is 7.59. The molecule has 0 aliphatic carbocycles. The quantitative estimate of drug-likeness (QED) is 0.313. The minimum absolute atomic E-state index is 0. The number of aliphatic imine (C=N–C) groups is 1. The molecule has 0 radical (unpaired) electrons. The lowest BCUT2D eigenvalue weighted by Crippen LogP contribution is -2.48. The first kappa shape index (κ1) is 23.7. The fourth-order valence-corrected chi connectivity index (χ4v) is 4.79. The maximum atomic E-state index is 4.81. The zero-order chi connectivity index (χ0) is 18.9. The number of aromatic nitrogens is 1. The van der Waals surface area contributed by atoms with Gasteiger partial charge in [0.2, 0.25) is 0 Å². The molecule has 0 saturated carbocycles. The predicted molar refractivity (Wildman–Crippen MR) is 132 cm³/mol. The van der Waals surface area contributed by atoms with Gasteiger partial charge in [0, 0.05) is 57.1 Å². The van der Waals surface area contributed by atoms with E-state index in [0.717, 1.165) is 38.6 Å². The first-order valence-corrected chi connectivity index (χ1v) is 11.6. The molecule has 0 unspecified atom stereocenters. The molecule has 0 aromatic carbocycles. The second-order valence-corrected chi connectivity index (χ2v) is 8.42. The SMILES string of the molecule is CCCN1CCC(NC(=NCCc2csc(N3CCCC3)n2)NCC)CC1.I. The van der Waals surface area contributed by atoms with Crippen LogP contribution in [0.25, 0.3) is 0 Å². The van der Waals surface area contributed by atoms with Crippen LogP contribution < -0.4 is 15.5 Å². The Kier molecular flexibility index (Phi) is 10.9. The van der Waals surface area contributed by atoms with Gasteiger partial charge in [-0.2, -0.15) is 0 Å². The van der Waals surface area contributed by atoms with Gasteiger partial charge in [0.05, 0.1) is 5.69 Å². The molecule has 2 aliphatic heterocycles. The van der Waals surface area contributed by atoms with Crippen LogP contribution in [-0.4, -0.2) is 67.7 Å². The molecule has 0 amide bonds. The highest BCUT2D eigenvalue weighted by molar-refractivity contribution is 14.0. The summed E-state index contributed by atoms with van der Waals surface area (Å²) < 4.78 is 0. The fraction of sp³-hybridized carbons (Fsp3) is 0.800. The Labute approximate surface area is 191 Å². The number of thiazole rings is 1. The minimum Gasteiger partial charge on any atom is -0.357 e. The van der Waals surface area contributed by atoms with E-state index in [4.69, 9.17) is 9.98 Å². The molecular formula is C20H37IN6S. The molecule has 1 aromatic heterocycles. The van der Waals surface area contributed by atoms with Crippen molar-refractivity contribution < 1.29 is 0 Å². The van der Waals surface area contributed by atoms with Gasteiger partial charge in [0.25, 0.3) is 0 Å². The number of anilines is 1. The highest BCUT2D eigenvalue weighted by Crippen LogP contribution is 2.24. The summed E-state index contributed by atoms with van der Waals surface area (Å²) in [5.74, 6) is 0.960. The van der Waals surface area contributed by atoms with E-state index in [1.165, 1.54) is 62.6 Å². The standard InChI is InChI=1S/C20H36N6S.HI/c1-3-11-25-14-8-17(9-15-25)23-19(21-4-2)22-10-7-18-16-27-20(24-18)26-12-5-6-13-26;/h16-17H,3-15H2,1-2H3,(H2,21,22,23);1H. The smallest absolute Gasteiger partial charge is 0.191 e. The molecule has 3 heterocycles. The average molecular weight is 521 g/mol. The molecule has 2 fully saturated rings. The van der Waals surface area contributed by atoms with Gasteiger partial charge in [-0.1, -0.05) is 6.92 Å². The van der Waals surface area contributed by atoms with E-state index in [1.54, 1.807) is 11.3 Å². The predicted octanol–water partition coefficient (Wildman–Crippen LogP) is 3.33. The lowest BCUT2D eigenvalue weighted by Gasteiger charge is -2.32. The normalized spacial score (nSPS) is 18.9. The van der Waals surface area contributed by atoms with E-state index in [1.807, 2.05) is 0 Å². The van der Waals surface area contributed by atoms with Crippen molar-refractivity contribution in [3.63, 3.8) is 0 Å². The van der Waals surface area contributed by atoms with Crippen LogP contribution in [0, 0.1) is 0 Å². The molecule has 28 heavy (non-hydrogen) atoms. The molecule has 6 nitrogen and oxygen atoms in total. The van der Waals surface area contributed by atoms with E-state index in [-0.39, 0.29) is 24.0 Å². The zero-order valence-corrected chi connectivity index (χ0v) is 20.6. The van der Waals surface area contributed by atoms with Gasteiger partial charge in [-0.05, 0) is 45.6 Å². The number of rotatable bonds is 8. The van der Waals surface area contributed by atoms with Crippen LogP contribution in [0.15, 0.2) is 10.4 Å². The van der Waals surface area contributed by atoms with Crippen LogP contribution >= 0.6 is 35.3 Å². The molecular weight excluding hydrogens is 483 g/mol. The summed E-state index contributed by atoms with van der Waals surface area (Å²) >= 11 is 1.78.